The maximum Gasteiger partial charge on any atom is 0.0900 e. The molecule has 5 nitrogen and oxygen atoms in total. The first-order valence-corrected chi connectivity index (χ1v) is 14.4. The largest absolute Gasteiger partial charge is 0.354 e. The smallest absolute Gasteiger partial charge is 0.0900 e. The van der Waals surface area contributed by atoms with E-state index in [4.69, 9.17) is 33.2 Å². The lowest BCUT2D eigenvalue weighted by Gasteiger charge is -2.45. The number of rotatable bonds is 4. The van der Waals surface area contributed by atoms with Gasteiger partial charge in [-0.1, -0.05) is 35.3 Å². The number of para-hydroxylation sites is 2. The number of anilines is 2. The number of hydrogen-bond acceptors (Lipinski definition) is 4. The molecular weight excluding hydrogens is 537 g/mol. The van der Waals surface area contributed by atoms with Gasteiger partial charge in [0.05, 0.1) is 39.5 Å². The molecular formula is C33H33Cl2N5. The molecule has 3 aliphatic rings. The van der Waals surface area contributed by atoms with Gasteiger partial charge in [0.15, 0.2) is 0 Å². The molecule has 0 atom stereocenters. The van der Waals surface area contributed by atoms with Crippen LogP contribution in [-0.4, -0.2) is 26.7 Å². The maximum absolute atomic E-state index is 6.26. The molecule has 3 aromatic carbocycles. The van der Waals surface area contributed by atoms with Crippen molar-refractivity contribution in [3.63, 3.8) is 0 Å². The summed E-state index contributed by atoms with van der Waals surface area (Å²) < 4.78 is 2.25. The summed E-state index contributed by atoms with van der Waals surface area (Å²) in [5.41, 5.74) is 6.62. The zero-order valence-corrected chi connectivity index (χ0v) is 24.7. The molecule has 0 radical (unpaired) electrons. The van der Waals surface area contributed by atoms with Crippen molar-refractivity contribution in [2.75, 3.05) is 5.32 Å². The number of benzene rings is 4. The van der Waals surface area contributed by atoms with E-state index in [2.05, 4.69) is 61.1 Å². The third kappa shape index (κ3) is 5.60. The number of piperidine rings is 1. The Kier molecular flexibility index (Phi) is 6.86. The zero-order chi connectivity index (χ0) is 28.1. The second-order valence-electron chi connectivity index (χ2n) is 12.0. The van der Waals surface area contributed by atoms with E-state index in [9.17, 15) is 0 Å². The molecule has 204 valence electrons. The fraction of sp³-hybridized carbons (Fsp3) is 0.273. The summed E-state index contributed by atoms with van der Waals surface area (Å²) in [5, 5.41) is 9.69. The monoisotopic (exact) mass is 569 g/mol. The Hall–Kier alpha value is -3.38. The number of nitrogens with zero attached hydrogens (tertiary/aromatic N) is 3. The van der Waals surface area contributed by atoms with Crippen LogP contribution < -0.4 is 16.0 Å². The summed E-state index contributed by atoms with van der Waals surface area (Å²) in [4.78, 5) is 10.5. The van der Waals surface area contributed by atoms with Crippen LogP contribution in [0.25, 0.3) is 28.1 Å². The minimum atomic E-state index is -0.0164. The van der Waals surface area contributed by atoms with E-state index in [0.717, 1.165) is 57.7 Å². The molecule has 1 fully saturated rings. The Morgan fingerprint density at radius 1 is 0.850 bits per heavy atom. The quantitative estimate of drug-likeness (QED) is 0.214. The molecule has 3 aromatic rings. The number of fused-ring (bicyclic) bond motifs is 2. The van der Waals surface area contributed by atoms with Crippen LogP contribution in [0.2, 0.25) is 10.0 Å². The van der Waals surface area contributed by atoms with Crippen LogP contribution in [0.1, 0.15) is 40.5 Å². The molecule has 1 aliphatic carbocycles. The van der Waals surface area contributed by atoms with Crippen molar-refractivity contribution in [1.29, 1.82) is 0 Å². The van der Waals surface area contributed by atoms with Gasteiger partial charge < -0.3 is 15.2 Å². The van der Waals surface area contributed by atoms with Crippen LogP contribution in [-0.2, 0) is 0 Å². The van der Waals surface area contributed by atoms with Gasteiger partial charge in [-0.15, -0.1) is 0 Å². The van der Waals surface area contributed by atoms with Crippen LogP contribution in [0.3, 0.4) is 0 Å². The van der Waals surface area contributed by atoms with Crippen molar-refractivity contribution in [1.82, 2.24) is 14.9 Å². The Morgan fingerprint density at radius 2 is 1.48 bits per heavy atom. The van der Waals surface area contributed by atoms with Gasteiger partial charge in [-0.3, -0.25) is 4.99 Å². The predicted molar refractivity (Wildman–Crippen MR) is 167 cm³/mol. The summed E-state index contributed by atoms with van der Waals surface area (Å²) in [7, 11) is 0. The Labute approximate surface area is 245 Å². The number of halogens is 2. The molecule has 0 unspecified atom stereocenters. The highest BCUT2D eigenvalue weighted by molar-refractivity contribution is 6.30. The lowest BCUT2D eigenvalue weighted by atomic mass is 9.80. The van der Waals surface area contributed by atoms with E-state index in [1.165, 1.54) is 0 Å². The average molecular weight is 571 g/mol. The number of aromatic nitrogens is 2. The molecule has 0 saturated carbocycles. The molecule has 0 spiro atoms. The summed E-state index contributed by atoms with van der Waals surface area (Å²) in [6.07, 6.45) is 1.89. The third-order valence-corrected chi connectivity index (χ3v) is 7.90. The molecule has 6 rings (SSSR count). The Bertz CT molecular complexity index is 1700. The minimum absolute atomic E-state index is 0.0164. The van der Waals surface area contributed by atoms with Crippen LogP contribution >= 0.6 is 23.2 Å². The average Bonchev–Trinajstić information content (AvgIpc) is 2.88. The van der Waals surface area contributed by atoms with Crippen molar-refractivity contribution < 1.29 is 0 Å². The standard InChI is InChI=1S/C33H33Cl2N5/c1-32(2)19-24(20-33(3,4)39-32)37-28-18-31-29(17-27(28)36-23-13-9-21(34)10-14-23)38-26-7-5-6-8-30(26)40(31)25-15-11-22(35)12-16-25/h5-18,24,36,39H,19-20H2,1-4H3. The summed E-state index contributed by atoms with van der Waals surface area (Å²) in [6, 6.07) is 28.3. The van der Waals surface area contributed by atoms with Crippen molar-refractivity contribution >= 4 is 45.6 Å². The van der Waals surface area contributed by atoms with Gasteiger partial charge in [0.1, 0.15) is 0 Å². The molecule has 0 bridgehead atoms. The van der Waals surface area contributed by atoms with E-state index in [-0.39, 0.29) is 17.1 Å². The van der Waals surface area contributed by atoms with Crippen molar-refractivity contribution in [3.05, 3.63) is 100 Å². The first-order chi connectivity index (χ1) is 19.1. The minimum Gasteiger partial charge on any atom is -0.354 e. The molecule has 0 amide bonds. The van der Waals surface area contributed by atoms with Gasteiger partial charge in [0.2, 0.25) is 0 Å². The molecule has 40 heavy (non-hydrogen) atoms. The van der Waals surface area contributed by atoms with Crippen molar-refractivity contribution in [2.24, 2.45) is 4.99 Å². The van der Waals surface area contributed by atoms with Crippen LogP contribution in [0.15, 0.2) is 89.9 Å². The third-order valence-electron chi connectivity index (χ3n) is 7.40. The number of nitrogens with one attached hydrogen (secondary N) is 2. The highest BCUT2D eigenvalue weighted by Crippen LogP contribution is 2.33. The van der Waals surface area contributed by atoms with Crippen molar-refractivity contribution in [2.45, 2.75) is 57.7 Å². The van der Waals surface area contributed by atoms with Gasteiger partial charge in [-0.2, -0.15) is 0 Å². The predicted octanol–water partition coefficient (Wildman–Crippen LogP) is 8.39. The van der Waals surface area contributed by atoms with E-state index >= 15 is 0 Å². The fourth-order valence-corrected chi connectivity index (χ4v) is 6.41. The van der Waals surface area contributed by atoms with Gasteiger partial charge in [0.25, 0.3) is 0 Å². The lowest BCUT2D eigenvalue weighted by Crippen LogP contribution is -2.59. The van der Waals surface area contributed by atoms with Crippen LogP contribution in [0.5, 0.6) is 0 Å². The summed E-state index contributed by atoms with van der Waals surface area (Å²) in [6.45, 7) is 9.03. The molecule has 2 aliphatic heterocycles. The first-order valence-electron chi connectivity index (χ1n) is 13.6. The molecule has 0 aromatic heterocycles. The SMILES string of the molecule is CC1(C)CC(N=c2cc3n(-c4ccc(Cl)cc4)c4ccccc4nc-3cc2Nc2ccc(Cl)cc2)CC(C)(C)N1. The van der Waals surface area contributed by atoms with E-state index in [1.807, 2.05) is 66.7 Å². The normalized spacial score (nSPS) is 17.4. The molecule has 7 heteroatoms. The van der Waals surface area contributed by atoms with Crippen LogP contribution in [0.4, 0.5) is 11.4 Å². The molecule has 2 heterocycles. The molecule has 2 N–H and O–H groups in total. The number of hydrogen-bond donors (Lipinski definition) is 2. The Morgan fingerprint density at radius 3 is 2.15 bits per heavy atom. The molecule has 1 saturated heterocycles. The lowest BCUT2D eigenvalue weighted by molar-refractivity contribution is 0.163. The second kappa shape index (κ2) is 10.2. The summed E-state index contributed by atoms with van der Waals surface area (Å²) in [5.74, 6) is 0. The van der Waals surface area contributed by atoms with E-state index in [1.54, 1.807) is 0 Å². The van der Waals surface area contributed by atoms with Crippen molar-refractivity contribution in [3.8, 4) is 17.1 Å². The Balaban J connectivity index is 1.61. The maximum atomic E-state index is 6.26. The van der Waals surface area contributed by atoms with E-state index < -0.39 is 0 Å². The van der Waals surface area contributed by atoms with Crippen LogP contribution in [0, 0.1) is 0 Å². The topological polar surface area (TPSA) is 54.2 Å². The van der Waals surface area contributed by atoms with E-state index in [0.29, 0.717) is 10.0 Å². The zero-order valence-electron chi connectivity index (χ0n) is 23.2. The highest BCUT2D eigenvalue weighted by atomic mass is 35.5. The van der Waals surface area contributed by atoms with Gasteiger partial charge in [0, 0.05) is 32.5 Å². The highest BCUT2D eigenvalue weighted by Gasteiger charge is 2.37. The van der Waals surface area contributed by atoms with Gasteiger partial charge >= 0.3 is 0 Å². The van der Waals surface area contributed by atoms with Gasteiger partial charge in [-0.05, 0) is 113 Å². The fourth-order valence-electron chi connectivity index (χ4n) is 6.16. The first kappa shape index (κ1) is 26.8. The summed E-state index contributed by atoms with van der Waals surface area (Å²) >= 11 is 12.4. The van der Waals surface area contributed by atoms with Gasteiger partial charge in [-0.25, -0.2) is 4.98 Å². The second-order valence-corrected chi connectivity index (χ2v) is 12.9.